The van der Waals surface area contributed by atoms with E-state index in [0.717, 1.165) is 22.4 Å². The molecule has 3 rings (SSSR count). The molecule has 0 aliphatic heterocycles. The highest BCUT2D eigenvalue weighted by molar-refractivity contribution is 5.82. The number of rotatable bonds is 5. The van der Waals surface area contributed by atoms with Crippen molar-refractivity contribution in [1.29, 1.82) is 0 Å². The van der Waals surface area contributed by atoms with Gasteiger partial charge in [-0.3, -0.25) is 9.59 Å². The average Bonchev–Trinajstić information content (AvgIpc) is 2.62. The second-order valence-corrected chi connectivity index (χ2v) is 5.92. The number of ether oxygens (including phenoxy) is 1. The molecule has 5 heteroatoms. The molecule has 0 aliphatic rings. The Kier molecular flexibility index (Phi) is 4.84. The smallest absolute Gasteiger partial charge is 0.240 e. The molecular formula is C20H20N2O3. The molecule has 1 N–H and O–H groups in total. The van der Waals surface area contributed by atoms with E-state index in [-0.39, 0.29) is 17.9 Å². The molecule has 0 spiro atoms. The van der Waals surface area contributed by atoms with Crippen LogP contribution in [-0.4, -0.2) is 17.6 Å². The highest BCUT2D eigenvalue weighted by Crippen LogP contribution is 2.17. The van der Waals surface area contributed by atoms with Crippen molar-refractivity contribution in [1.82, 2.24) is 9.88 Å². The maximum atomic E-state index is 12.3. The van der Waals surface area contributed by atoms with E-state index in [1.807, 2.05) is 49.4 Å². The van der Waals surface area contributed by atoms with Crippen LogP contribution in [0.2, 0.25) is 0 Å². The largest absolute Gasteiger partial charge is 0.496 e. The number of nitrogens with one attached hydrogen (secondary N) is 1. The number of nitrogens with zero attached hydrogens (tertiary/aromatic N) is 1. The molecule has 0 saturated heterocycles. The van der Waals surface area contributed by atoms with Gasteiger partial charge in [-0.1, -0.05) is 29.8 Å². The number of benzene rings is 2. The van der Waals surface area contributed by atoms with Crippen LogP contribution in [0.25, 0.3) is 10.9 Å². The van der Waals surface area contributed by atoms with Crippen molar-refractivity contribution in [2.45, 2.75) is 20.0 Å². The zero-order valence-corrected chi connectivity index (χ0v) is 14.3. The Morgan fingerprint density at radius 2 is 1.96 bits per heavy atom. The number of amides is 1. The fraction of sp³-hybridized carbons (Fsp3) is 0.200. The maximum absolute atomic E-state index is 12.3. The molecule has 0 atom stereocenters. The molecule has 25 heavy (non-hydrogen) atoms. The summed E-state index contributed by atoms with van der Waals surface area (Å²) in [6.07, 6.45) is 1.66. The van der Waals surface area contributed by atoms with Crippen LogP contribution in [0.15, 0.2) is 59.5 Å². The Balaban J connectivity index is 1.76. The van der Waals surface area contributed by atoms with E-state index in [1.165, 1.54) is 6.07 Å². The van der Waals surface area contributed by atoms with E-state index in [0.29, 0.717) is 11.9 Å². The first-order valence-corrected chi connectivity index (χ1v) is 8.07. The number of carbonyl (C=O) groups is 1. The summed E-state index contributed by atoms with van der Waals surface area (Å²) in [4.78, 5) is 24.4. The molecule has 0 radical (unpaired) electrons. The van der Waals surface area contributed by atoms with Crippen LogP contribution in [0.5, 0.6) is 5.75 Å². The molecule has 0 unspecified atom stereocenters. The van der Waals surface area contributed by atoms with Gasteiger partial charge in [-0.05, 0) is 25.1 Å². The van der Waals surface area contributed by atoms with Gasteiger partial charge in [-0.25, -0.2) is 0 Å². The quantitative estimate of drug-likeness (QED) is 0.779. The summed E-state index contributed by atoms with van der Waals surface area (Å²) in [6.45, 7) is 2.48. The number of methoxy groups -OCH3 is 1. The average molecular weight is 336 g/mol. The molecule has 0 bridgehead atoms. The Morgan fingerprint density at radius 3 is 2.76 bits per heavy atom. The fourth-order valence-corrected chi connectivity index (χ4v) is 2.82. The number of para-hydroxylation sites is 1. The minimum absolute atomic E-state index is 0.0376. The molecule has 0 aliphatic carbocycles. The summed E-state index contributed by atoms with van der Waals surface area (Å²) in [5, 5.41) is 3.52. The second-order valence-electron chi connectivity index (χ2n) is 5.92. The third-order valence-electron chi connectivity index (χ3n) is 4.12. The number of pyridine rings is 1. The van der Waals surface area contributed by atoms with Gasteiger partial charge < -0.3 is 14.6 Å². The standard InChI is InChI=1S/C20H20N2O3/c1-14-7-8-17-16(11-14)18(23)9-10-22(17)13-20(24)21-12-15-5-3-4-6-19(15)25-2/h3-11H,12-13H2,1-2H3,(H,21,24). The second kappa shape index (κ2) is 7.21. The lowest BCUT2D eigenvalue weighted by atomic mass is 10.1. The van der Waals surface area contributed by atoms with Gasteiger partial charge in [0, 0.05) is 29.8 Å². The first-order chi connectivity index (χ1) is 12.1. The topological polar surface area (TPSA) is 60.3 Å². The lowest BCUT2D eigenvalue weighted by Gasteiger charge is -2.12. The number of hydrogen-bond donors (Lipinski definition) is 1. The summed E-state index contributed by atoms with van der Waals surface area (Å²) in [7, 11) is 1.61. The Morgan fingerprint density at radius 1 is 1.16 bits per heavy atom. The molecule has 5 nitrogen and oxygen atoms in total. The number of fused-ring (bicyclic) bond motifs is 1. The normalized spacial score (nSPS) is 10.6. The van der Waals surface area contributed by atoms with Crippen molar-refractivity contribution in [2.24, 2.45) is 0 Å². The fourth-order valence-electron chi connectivity index (χ4n) is 2.82. The third-order valence-corrected chi connectivity index (χ3v) is 4.12. The number of aromatic nitrogens is 1. The monoisotopic (exact) mass is 336 g/mol. The van der Waals surface area contributed by atoms with Gasteiger partial charge in [0.15, 0.2) is 5.43 Å². The molecule has 2 aromatic carbocycles. The van der Waals surface area contributed by atoms with E-state index < -0.39 is 0 Å². The lowest BCUT2D eigenvalue weighted by Crippen LogP contribution is -2.27. The van der Waals surface area contributed by atoms with Crippen molar-refractivity contribution in [3.8, 4) is 5.75 Å². The van der Waals surface area contributed by atoms with Crippen molar-refractivity contribution in [3.05, 3.63) is 76.1 Å². The van der Waals surface area contributed by atoms with E-state index in [9.17, 15) is 9.59 Å². The van der Waals surface area contributed by atoms with Crippen LogP contribution in [0, 0.1) is 6.92 Å². The summed E-state index contributed by atoms with van der Waals surface area (Å²) in [5.74, 6) is 0.614. The highest BCUT2D eigenvalue weighted by atomic mass is 16.5. The van der Waals surface area contributed by atoms with Crippen LogP contribution >= 0.6 is 0 Å². The van der Waals surface area contributed by atoms with Gasteiger partial charge in [0.1, 0.15) is 12.3 Å². The van der Waals surface area contributed by atoms with Crippen LogP contribution < -0.4 is 15.5 Å². The van der Waals surface area contributed by atoms with E-state index in [1.54, 1.807) is 17.9 Å². The van der Waals surface area contributed by atoms with Crippen LogP contribution in [-0.2, 0) is 17.9 Å². The van der Waals surface area contributed by atoms with Crippen molar-refractivity contribution >= 4 is 16.8 Å². The summed E-state index contributed by atoms with van der Waals surface area (Å²) < 4.78 is 7.07. The van der Waals surface area contributed by atoms with E-state index in [2.05, 4.69) is 5.32 Å². The highest BCUT2D eigenvalue weighted by Gasteiger charge is 2.08. The van der Waals surface area contributed by atoms with Gasteiger partial charge in [0.2, 0.25) is 5.91 Å². The molecule has 128 valence electrons. The number of aryl methyl sites for hydroxylation is 1. The van der Waals surface area contributed by atoms with Crippen molar-refractivity contribution in [3.63, 3.8) is 0 Å². The molecule has 1 amide bonds. The summed E-state index contributed by atoms with van der Waals surface area (Å²) in [5.41, 5.74) is 2.65. The predicted octanol–water partition coefficient (Wildman–Crippen LogP) is 2.63. The number of carbonyl (C=O) groups excluding carboxylic acids is 1. The maximum Gasteiger partial charge on any atom is 0.240 e. The number of hydrogen-bond acceptors (Lipinski definition) is 3. The molecule has 0 saturated carbocycles. The Hall–Kier alpha value is -3.08. The lowest BCUT2D eigenvalue weighted by molar-refractivity contribution is -0.121. The predicted molar refractivity (Wildman–Crippen MR) is 97.8 cm³/mol. The van der Waals surface area contributed by atoms with E-state index >= 15 is 0 Å². The Labute approximate surface area is 145 Å². The molecule has 1 aromatic heterocycles. The van der Waals surface area contributed by atoms with Crippen LogP contribution in [0.4, 0.5) is 0 Å². The zero-order chi connectivity index (χ0) is 17.8. The first-order valence-electron chi connectivity index (χ1n) is 8.07. The first kappa shape index (κ1) is 16.8. The van der Waals surface area contributed by atoms with Crippen molar-refractivity contribution in [2.75, 3.05) is 7.11 Å². The SMILES string of the molecule is COc1ccccc1CNC(=O)Cn1ccc(=O)c2cc(C)ccc21. The van der Waals surface area contributed by atoms with Gasteiger partial charge in [-0.2, -0.15) is 0 Å². The van der Waals surface area contributed by atoms with Gasteiger partial charge in [-0.15, -0.1) is 0 Å². The molecule has 0 fully saturated rings. The Bertz CT molecular complexity index is 976. The van der Waals surface area contributed by atoms with Crippen molar-refractivity contribution < 1.29 is 9.53 Å². The molecule has 1 heterocycles. The summed E-state index contributed by atoms with van der Waals surface area (Å²) >= 11 is 0. The summed E-state index contributed by atoms with van der Waals surface area (Å²) in [6, 6.07) is 14.7. The van der Waals surface area contributed by atoms with Crippen LogP contribution in [0.1, 0.15) is 11.1 Å². The zero-order valence-electron chi connectivity index (χ0n) is 14.3. The third kappa shape index (κ3) is 3.71. The van der Waals surface area contributed by atoms with Crippen LogP contribution in [0.3, 0.4) is 0 Å². The minimum atomic E-state index is -0.128. The van der Waals surface area contributed by atoms with Gasteiger partial charge in [0.05, 0.1) is 12.6 Å². The molecular weight excluding hydrogens is 316 g/mol. The molecule has 3 aromatic rings. The van der Waals surface area contributed by atoms with Gasteiger partial charge >= 0.3 is 0 Å². The van der Waals surface area contributed by atoms with Gasteiger partial charge in [0.25, 0.3) is 0 Å². The van der Waals surface area contributed by atoms with E-state index in [4.69, 9.17) is 4.74 Å². The minimum Gasteiger partial charge on any atom is -0.496 e.